The summed E-state index contributed by atoms with van der Waals surface area (Å²) in [6, 6.07) is 15.6. The lowest BCUT2D eigenvalue weighted by molar-refractivity contribution is 0.0625. The molecule has 2 unspecified atom stereocenters. The lowest BCUT2D eigenvalue weighted by atomic mass is 9.91. The zero-order valence-electron chi connectivity index (χ0n) is 22.0. The molecule has 0 saturated heterocycles. The number of carbonyl (C=O) groups is 1. The molecule has 2 rings (SSSR count). The Bertz CT molecular complexity index is 812. The minimum atomic E-state index is -0.308. The molecule has 0 spiro atoms. The highest BCUT2D eigenvalue weighted by Crippen LogP contribution is 2.32. The summed E-state index contributed by atoms with van der Waals surface area (Å²) in [4.78, 5) is 12.8. The van der Waals surface area contributed by atoms with Gasteiger partial charge >= 0.3 is 5.97 Å². The minimum absolute atomic E-state index is 0.0229. The number of esters is 1. The normalized spacial score (nSPS) is 12.9. The van der Waals surface area contributed by atoms with E-state index in [2.05, 4.69) is 33.8 Å². The number of hydrogen-bond acceptors (Lipinski definition) is 3. The van der Waals surface area contributed by atoms with Gasteiger partial charge in [-0.25, -0.2) is 4.79 Å². The fraction of sp³-hybridized carbons (Fsp3) is 0.581. The number of para-hydroxylation sites is 1. The Kier molecular flexibility index (Phi) is 13.6. The summed E-state index contributed by atoms with van der Waals surface area (Å²) in [7, 11) is 0. The van der Waals surface area contributed by atoms with Crippen LogP contribution in [0.2, 0.25) is 0 Å². The van der Waals surface area contributed by atoms with Crippen molar-refractivity contribution in [2.45, 2.75) is 110 Å². The second-order valence-electron chi connectivity index (χ2n) is 9.43. The number of carbonyl (C=O) groups excluding carboxylic acids is 1. The molecule has 0 radical (unpaired) electrons. The topological polar surface area (TPSA) is 35.5 Å². The fourth-order valence-electron chi connectivity index (χ4n) is 4.48. The molecule has 0 bridgehead atoms. The molecule has 2 aromatic rings. The van der Waals surface area contributed by atoms with Crippen LogP contribution in [0.1, 0.15) is 132 Å². The third-order valence-electron chi connectivity index (χ3n) is 6.67. The van der Waals surface area contributed by atoms with Gasteiger partial charge in [0.2, 0.25) is 0 Å². The van der Waals surface area contributed by atoms with Gasteiger partial charge in [0.25, 0.3) is 0 Å². The highest BCUT2D eigenvalue weighted by molar-refractivity contribution is 5.91. The summed E-state index contributed by atoms with van der Waals surface area (Å²) in [5.41, 5.74) is 2.78. The Morgan fingerprint density at radius 1 is 0.794 bits per heavy atom. The zero-order valence-corrected chi connectivity index (χ0v) is 22.0. The Hall–Kier alpha value is -2.13. The van der Waals surface area contributed by atoms with Gasteiger partial charge in [0, 0.05) is 6.61 Å². The van der Waals surface area contributed by atoms with E-state index in [1.165, 1.54) is 44.9 Å². The van der Waals surface area contributed by atoms with Crippen molar-refractivity contribution < 1.29 is 14.3 Å². The molecule has 2 atom stereocenters. The molecule has 0 aliphatic carbocycles. The zero-order chi connectivity index (χ0) is 24.6. The maximum atomic E-state index is 12.8. The van der Waals surface area contributed by atoms with E-state index in [4.69, 9.17) is 9.47 Å². The molecule has 0 aromatic heterocycles. The molecule has 0 amide bonds. The first-order valence-corrected chi connectivity index (χ1v) is 13.6. The van der Waals surface area contributed by atoms with Crippen LogP contribution in [0, 0.1) is 0 Å². The van der Waals surface area contributed by atoms with Crippen LogP contribution in [0.4, 0.5) is 0 Å². The highest BCUT2D eigenvalue weighted by Gasteiger charge is 2.17. The molecule has 0 aliphatic rings. The van der Waals surface area contributed by atoms with Crippen molar-refractivity contribution in [3.63, 3.8) is 0 Å². The van der Waals surface area contributed by atoms with Crippen LogP contribution in [-0.2, 0) is 4.74 Å². The number of benzene rings is 2. The summed E-state index contributed by atoms with van der Waals surface area (Å²) in [5, 5.41) is 0. The Balaban J connectivity index is 1.81. The second-order valence-corrected chi connectivity index (χ2v) is 9.43. The van der Waals surface area contributed by atoms with E-state index >= 15 is 0 Å². The number of unbranched alkanes of at least 4 members (excludes halogenated alkanes) is 7. The molecule has 34 heavy (non-hydrogen) atoms. The van der Waals surface area contributed by atoms with Gasteiger partial charge in [0.15, 0.2) is 0 Å². The van der Waals surface area contributed by atoms with Gasteiger partial charge in [0.05, 0.1) is 11.7 Å². The van der Waals surface area contributed by atoms with Gasteiger partial charge in [-0.2, -0.15) is 0 Å². The highest BCUT2D eigenvalue weighted by atomic mass is 16.5. The molecule has 3 nitrogen and oxygen atoms in total. The maximum Gasteiger partial charge on any atom is 0.343 e. The molecule has 2 aromatic carbocycles. The lowest BCUT2D eigenvalue weighted by Crippen LogP contribution is -2.11. The van der Waals surface area contributed by atoms with Gasteiger partial charge < -0.3 is 9.47 Å². The van der Waals surface area contributed by atoms with E-state index < -0.39 is 0 Å². The maximum absolute atomic E-state index is 12.8. The van der Waals surface area contributed by atoms with Crippen LogP contribution in [0.25, 0.3) is 0 Å². The average molecular weight is 467 g/mol. The Labute approximate surface area is 208 Å². The summed E-state index contributed by atoms with van der Waals surface area (Å²) in [6.45, 7) is 9.50. The van der Waals surface area contributed by atoms with Crippen LogP contribution in [0.3, 0.4) is 0 Å². The smallest absolute Gasteiger partial charge is 0.343 e. The molecular weight excluding hydrogens is 420 g/mol. The van der Waals surface area contributed by atoms with Gasteiger partial charge in [-0.3, -0.25) is 0 Å². The van der Waals surface area contributed by atoms with Gasteiger partial charge in [-0.05, 0) is 61.4 Å². The number of rotatable bonds is 17. The number of ether oxygens (including phenoxy) is 2. The molecule has 0 saturated carbocycles. The Morgan fingerprint density at radius 2 is 1.44 bits per heavy atom. The van der Waals surface area contributed by atoms with Crippen LogP contribution in [0.5, 0.6) is 5.75 Å². The lowest BCUT2D eigenvalue weighted by Gasteiger charge is -2.18. The van der Waals surface area contributed by atoms with Crippen molar-refractivity contribution in [2.24, 2.45) is 0 Å². The number of hydrogen-bond donors (Lipinski definition) is 0. The first-order chi connectivity index (χ1) is 16.6. The predicted octanol–water partition coefficient (Wildman–Crippen LogP) is 9.42. The van der Waals surface area contributed by atoms with Crippen molar-refractivity contribution in [1.82, 2.24) is 0 Å². The van der Waals surface area contributed by atoms with Crippen molar-refractivity contribution in [3.05, 3.63) is 65.2 Å². The van der Waals surface area contributed by atoms with Crippen molar-refractivity contribution in [3.8, 4) is 5.75 Å². The van der Waals surface area contributed by atoms with Crippen molar-refractivity contribution >= 4 is 5.97 Å². The third kappa shape index (κ3) is 9.62. The molecule has 0 fully saturated rings. The van der Waals surface area contributed by atoms with E-state index in [9.17, 15) is 4.79 Å². The van der Waals surface area contributed by atoms with E-state index in [1.807, 2.05) is 42.5 Å². The molecule has 0 heterocycles. The Morgan fingerprint density at radius 3 is 2.09 bits per heavy atom. The van der Waals surface area contributed by atoms with Crippen LogP contribution < -0.4 is 4.74 Å². The molecule has 0 N–H and O–H groups in total. The summed E-state index contributed by atoms with van der Waals surface area (Å²) in [5.74, 6) is 0.784. The minimum Gasteiger partial charge on any atom is -0.423 e. The molecule has 3 heteroatoms. The fourth-order valence-corrected chi connectivity index (χ4v) is 4.48. The quantitative estimate of drug-likeness (QED) is 0.132. The van der Waals surface area contributed by atoms with E-state index in [0.717, 1.165) is 43.4 Å². The van der Waals surface area contributed by atoms with E-state index in [1.54, 1.807) is 0 Å². The third-order valence-corrected chi connectivity index (χ3v) is 6.67. The summed E-state index contributed by atoms with van der Waals surface area (Å²) in [6.07, 6.45) is 13.7. The summed E-state index contributed by atoms with van der Waals surface area (Å²) < 4.78 is 11.9. The van der Waals surface area contributed by atoms with Gasteiger partial charge in [-0.15, -0.1) is 0 Å². The van der Waals surface area contributed by atoms with Gasteiger partial charge in [0.1, 0.15) is 5.75 Å². The van der Waals surface area contributed by atoms with Crippen LogP contribution >= 0.6 is 0 Å². The first-order valence-electron chi connectivity index (χ1n) is 13.6. The van der Waals surface area contributed by atoms with Crippen molar-refractivity contribution in [1.29, 1.82) is 0 Å². The summed E-state index contributed by atoms with van der Waals surface area (Å²) >= 11 is 0. The predicted molar refractivity (Wildman–Crippen MR) is 143 cm³/mol. The first kappa shape index (κ1) is 28.1. The largest absolute Gasteiger partial charge is 0.423 e. The molecule has 188 valence electrons. The molecular formula is C31H46O3. The van der Waals surface area contributed by atoms with Gasteiger partial charge in [-0.1, -0.05) is 102 Å². The van der Waals surface area contributed by atoms with E-state index in [0.29, 0.717) is 17.2 Å². The SMILES string of the molecule is CCCCCCCCCCOC(C)c1ccc(C(=O)Oc2ccccc2C(CC)CCC)cc1. The van der Waals surface area contributed by atoms with E-state index in [-0.39, 0.29) is 12.1 Å². The molecule has 0 aliphatic heterocycles. The van der Waals surface area contributed by atoms with Crippen molar-refractivity contribution in [2.75, 3.05) is 6.61 Å². The second kappa shape index (κ2) is 16.5. The standard InChI is InChI=1S/C31H46O3/c1-5-8-9-10-11-12-13-16-24-33-25(4)27-20-22-28(23-21-27)31(32)34-30-19-15-14-18-29(30)26(7-3)17-6-2/h14-15,18-23,25-26H,5-13,16-17,24H2,1-4H3. The van der Waals surface area contributed by atoms with Crippen LogP contribution in [-0.4, -0.2) is 12.6 Å². The van der Waals surface area contributed by atoms with Crippen LogP contribution in [0.15, 0.2) is 48.5 Å². The monoisotopic (exact) mass is 466 g/mol. The average Bonchev–Trinajstić information content (AvgIpc) is 2.86.